The van der Waals surface area contributed by atoms with E-state index in [0.717, 1.165) is 62.2 Å². The highest BCUT2D eigenvalue weighted by atomic mass is 32.1. The summed E-state index contributed by atoms with van der Waals surface area (Å²) in [5.41, 5.74) is 2.71. The van der Waals surface area contributed by atoms with Crippen molar-refractivity contribution >= 4 is 28.4 Å². The number of benzene rings is 1. The van der Waals surface area contributed by atoms with Crippen LogP contribution in [0.5, 0.6) is 0 Å². The molecule has 5 rings (SSSR count). The second-order valence-corrected chi connectivity index (χ2v) is 10.7. The third kappa shape index (κ3) is 4.23. The molecule has 3 aliphatic heterocycles. The minimum absolute atomic E-state index is 0.0861. The minimum atomic E-state index is 0.0861. The van der Waals surface area contributed by atoms with Crippen LogP contribution in [0.1, 0.15) is 50.4 Å². The summed E-state index contributed by atoms with van der Waals surface area (Å²) in [5, 5.41) is 1.10. The van der Waals surface area contributed by atoms with Gasteiger partial charge in [0.2, 0.25) is 5.13 Å². The number of carbonyl (C=O) groups is 1. The number of urea groups is 1. The molecule has 1 spiro atoms. The van der Waals surface area contributed by atoms with Crippen LogP contribution in [0.3, 0.4) is 0 Å². The van der Waals surface area contributed by atoms with Gasteiger partial charge in [-0.05, 0) is 56.8 Å². The fourth-order valence-electron chi connectivity index (χ4n) is 5.95. The van der Waals surface area contributed by atoms with Gasteiger partial charge in [0.25, 0.3) is 0 Å². The number of nitrogens with zero attached hydrogens (tertiary/aromatic N) is 6. The van der Waals surface area contributed by atoms with Gasteiger partial charge in [-0.3, -0.25) is 4.90 Å². The topological polar surface area (TPSA) is 55.8 Å². The van der Waals surface area contributed by atoms with E-state index in [4.69, 9.17) is 0 Å². The van der Waals surface area contributed by atoms with Crippen LogP contribution in [0.15, 0.2) is 24.3 Å². The molecule has 0 saturated carbocycles. The number of amides is 2. The van der Waals surface area contributed by atoms with Gasteiger partial charge in [-0.1, -0.05) is 25.1 Å². The molecule has 8 heteroatoms. The highest BCUT2D eigenvalue weighted by Crippen LogP contribution is 2.47. The fourth-order valence-corrected chi connectivity index (χ4v) is 6.76. The Morgan fingerprint density at radius 3 is 2.45 bits per heavy atom. The van der Waals surface area contributed by atoms with Gasteiger partial charge in [0.15, 0.2) is 0 Å². The van der Waals surface area contributed by atoms with E-state index in [9.17, 15) is 4.79 Å². The Hall–Kier alpha value is -2.19. The maximum Gasteiger partial charge on any atom is 0.323 e. The standard InChI is InChI=1S/C25H36N6OS/c1-4-22-26-23(33-27-22)30-14-9-19(10-15-30)29-16-11-25(12-17-29)13-18-31(24(32)28(2)3)21-8-6-5-7-20(21)25/h5-8,19H,4,9-18H2,1-3H3. The predicted octanol–water partition coefficient (Wildman–Crippen LogP) is 3.99. The summed E-state index contributed by atoms with van der Waals surface area (Å²) in [6.45, 7) is 7.39. The first-order valence-electron chi connectivity index (χ1n) is 12.4. The Bertz CT molecular complexity index is 975. The number of aryl methyl sites for hydroxylation is 1. The van der Waals surface area contributed by atoms with Crippen LogP contribution in [-0.2, 0) is 11.8 Å². The molecule has 0 atom stereocenters. The monoisotopic (exact) mass is 468 g/mol. The number of likely N-dealkylation sites (tertiary alicyclic amines) is 1. The van der Waals surface area contributed by atoms with Gasteiger partial charge in [0.1, 0.15) is 5.82 Å². The van der Waals surface area contributed by atoms with Crippen LogP contribution in [0.4, 0.5) is 15.6 Å². The van der Waals surface area contributed by atoms with Gasteiger partial charge >= 0.3 is 6.03 Å². The first kappa shape index (κ1) is 22.6. The minimum Gasteiger partial charge on any atom is -0.347 e. The molecule has 4 heterocycles. The van der Waals surface area contributed by atoms with Crippen molar-refractivity contribution in [2.45, 2.75) is 56.9 Å². The highest BCUT2D eigenvalue weighted by molar-refractivity contribution is 7.09. The van der Waals surface area contributed by atoms with E-state index in [1.54, 1.807) is 16.4 Å². The molecule has 0 unspecified atom stereocenters. The Morgan fingerprint density at radius 2 is 1.79 bits per heavy atom. The van der Waals surface area contributed by atoms with Gasteiger partial charge < -0.3 is 14.7 Å². The molecule has 2 saturated heterocycles. The van der Waals surface area contributed by atoms with Gasteiger partial charge in [-0.15, -0.1) is 0 Å². The molecule has 0 radical (unpaired) electrons. The lowest BCUT2D eigenvalue weighted by molar-refractivity contribution is 0.0948. The zero-order valence-corrected chi connectivity index (χ0v) is 21.0. The number of anilines is 2. The van der Waals surface area contributed by atoms with Gasteiger partial charge in [0, 0.05) is 68.8 Å². The molecular weight excluding hydrogens is 432 g/mol. The SMILES string of the molecule is CCc1nsc(N2CCC(N3CCC4(CCN(C(=O)N(C)C)c5ccccc54)CC3)CC2)n1. The molecule has 2 amide bonds. The molecule has 3 aliphatic rings. The largest absolute Gasteiger partial charge is 0.347 e. The second kappa shape index (κ2) is 9.22. The van der Waals surface area contributed by atoms with Gasteiger partial charge in [-0.2, -0.15) is 4.37 Å². The number of hydrogen-bond acceptors (Lipinski definition) is 6. The first-order chi connectivity index (χ1) is 16.0. The number of fused-ring (bicyclic) bond motifs is 2. The lowest BCUT2D eigenvalue weighted by atomic mass is 9.67. The lowest BCUT2D eigenvalue weighted by Crippen LogP contribution is -2.53. The van der Waals surface area contributed by atoms with E-state index in [-0.39, 0.29) is 11.4 Å². The molecule has 178 valence electrons. The van der Waals surface area contributed by atoms with E-state index < -0.39 is 0 Å². The van der Waals surface area contributed by atoms with Crippen LogP contribution < -0.4 is 9.80 Å². The van der Waals surface area contributed by atoms with Crippen molar-refractivity contribution in [2.24, 2.45) is 0 Å². The van der Waals surface area contributed by atoms with Gasteiger partial charge in [0.05, 0.1) is 0 Å². The van der Waals surface area contributed by atoms with Crippen molar-refractivity contribution in [3.05, 3.63) is 35.7 Å². The molecule has 1 aromatic heterocycles. The van der Waals surface area contributed by atoms with Gasteiger partial charge in [-0.25, -0.2) is 9.78 Å². The summed E-state index contributed by atoms with van der Waals surface area (Å²) in [5.74, 6) is 0.970. The van der Waals surface area contributed by atoms with Crippen LogP contribution in [-0.4, -0.2) is 78.0 Å². The summed E-state index contributed by atoms with van der Waals surface area (Å²) in [6, 6.07) is 9.37. The van der Waals surface area contributed by atoms with E-state index >= 15 is 0 Å². The molecule has 1 aromatic carbocycles. The maximum atomic E-state index is 12.8. The average Bonchev–Trinajstić information content (AvgIpc) is 3.34. The highest BCUT2D eigenvalue weighted by Gasteiger charge is 2.43. The van der Waals surface area contributed by atoms with Crippen molar-refractivity contribution in [1.82, 2.24) is 19.2 Å². The summed E-state index contributed by atoms with van der Waals surface area (Å²) in [6.07, 6.45) is 6.75. The Labute approximate surface area is 201 Å². The maximum absolute atomic E-state index is 12.8. The van der Waals surface area contributed by atoms with E-state index in [1.807, 2.05) is 19.0 Å². The fraction of sp³-hybridized carbons (Fsp3) is 0.640. The molecule has 2 aromatic rings. The Morgan fingerprint density at radius 1 is 1.09 bits per heavy atom. The third-order valence-corrected chi connectivity index (χ3v) is 8.79. The number of aromatic nitrogens is 2. The molecule has 2 fully saturated rings. The Balaban J connectivity index is 1.23. The van der Waals surface area contributed by atoms with Crippen LogP contribution in [0, 0.1) is 0 Å². The summed E-state index contributed by atoms with van der Waals surface area (Å²) >= 11 is 1.55. The summed E-state index contributed by atoms with van der Waals surface area (Å²) in [4.78, 5) is 26.3. The van der Waals surface area contributed by atoms with Crippen molar-refractivity contribution < 1.29 is 4.79 Å². The van der Waals surface area contributed by atoms with Crippen LogP contribution in [0.2, 0.25) is 0 Å². The van der Waals surface area contributed by atoms with E-state index in [2.05, 4.69) is 50.3 Å². The number of rotatable bonds is 3. The molecule has 7 nitrogen and oxygen atoms in total. The summed E-state index contributed by atoms with van der Waals surface area (Å²) < 4.78 is 4.46. The number of hydrogen-bond donors (Lipinski definition) is 0. The molecule has 33 heavy (non-hydrogen) atoms. The predicted molar refractivity (Wildman–Crippen MR) is 134 cm³/mol. The van der Waals surface area contributed by atoms with E-state index in [1.165, 1.54) is 31.2 Å². The second-order valence-electron chi connectivity index (χ2n) is 9.98. The number of piperidine rings is 2. The normalized spacial score (nSPS) is 21.3. The van der Waals surface area contributed by atoms with Crippen molar-refractivity contribution in [2.75, 3.05) is 56.6 Å². The number of para-hydroxylation sites is 1. The quantitative estimate of drug-likeness (QED) is 0.682. The third-order valence-electron chi connectivity index (χ3n) is 7.97. The van der Waals surface area contributed by atoms with Crippen molar-refractivity contribution in [1.29, 1.82) is 0 Å². The molecule has 0 bridgehead atoms. The number of carbonyl (C=O) groups excluding carboxylic acids is 1. The average molecular weight is 469 g/mol. The first-order valence-corrected chi connectivity index (χ1v) is 13.2. The smallest absolute Gasteiger partial charge is 0.323 e. The van der Waals surface area contributed by atoms with Crippen molar-refractivity contribution in [3.63, 3.8) is 0 Å². The summed E-state index contributed by atoms with van der Waals surface area (Å²) in [7, 11) is 3.68. The molecule has 0 aliphatic carbocycles. The molecule has 0 N–H and O–H groups in total. The zero-order valence-electron chi connectivity index (χ0n) is 20.2. The van der Waals surface area contributed by atoms with Crippen molar-refractivity contribution in [3.8, 4) is 0 Å². The van der Waals surface area contributed by atoms with Crippen LogP contribution in [0.25, 0.3) is 0 Å². The van der Waals surface area contributed by atoms with E-state index in [0.29, 0.717) is 6.04 Å². The molecular formula is C25H36N6OS. The lowest BCUT2D eigenvalue weighted by Gasteiger charge is -2.50. The zero-order chi connectivity index (χ0) is 23.0. The Kier molecular flexibility index (Phi) is 6.31. The van der Waals surface area contributed by atoms with Crippen LogP contribution >= 0.6 is 11.5 Å².